The summed E-state index contributed by atoms with van der Waals surface area (Å²) in [7, 11) is 0. The van der Waals surface area contributed by atoms with Gasteiger partial charge in [-0.05, 0) is 228 Å². The molecule has 2 heterocycles. The van der Waals surface area contributed by atoms with E-state index in [1.54, 1.807) is 0 Å². The highest BCUT2D eigenvalue weighted by atomic mass is 15.2. The highest BCUT2D eigenvalue weighted by molar-refractivity contribution is 6.30. The van der Waals surface area contributed by atoms with Gasteiger partial charge in [0.05, 0.1) is 44.8 Å². The van der Waals surface area contributed by atoms with E-state index in [2.05, 4.69) is 268 Å². The summed E-state index contributed by atoms with van der Waals surface area (Å²) in [6, 6.07) is 77.0. The quantitative estimate of drug-likeness (QED) is 0.127. The highest BCUT2D eigenvalue weighted by Crippen LogP contribution is 2.56. The molecule has 0 unspecified atom stereocenters. The molecule has 0 radical (unpaired) electrons. The highest BCUT2D eigenvalue weighted by Gasteiger charge is 2.33. The van der Waals surface area contributed by atoms with Gasteiger partial charge in [0.25, 0.3) is 0 Å². The van der Waals surface area contributed by atoms with Crippen molar-refractivity contribution in [3.63, 3.8) is 0 Å². The van der Waals surface area contributed by atoms with Crippen molar-refractivity contribution in [3.05, 3.63) is 250 Å². The Balaban J connectivity index is 1.04. The van der Waals surface area contributed by atoms with Crippen LogP contribution >= 0.6 is 0 Å². The smallest absolute Gasteiger partial charge is 0.0591 e. The van der Waals surface area contributed by atoms with Crippen molar-refractivity contribution in [2.24, 2.45) is 0 Å². The minimum absolute atomic E-state index is 0.247. The number of para-hydroxylation sites is 4. The molecule has 0 spiro atoms. The number of aromatic nitrogens is 2. The molecule has 14 aromatic rings. The second-order valence-electron chi connectivity index (χ2n) is 25.3. The molecule has 0 aliphatic heterocycles. The first-order chi connectivity index (χ1) is 41.6. The summed E-state index contributed by atoms with van der Waals surface area (Å²) in [6.07, 6.45) is 9.15. The van der Waals surface area contributed by atoms with Gasteiger partial charge < -0.3 is 18.9 Å². The zero-order valence-corrected chi connectivity index (χ0v) is 50.2. The van der Waals surface area contributed by atoms with Crippen LogP contribution < -0.4 is 9.80 Å². The maximum absolute atomic E-state index is 2.75. The molecule has 0 saturated heterocycles. The molecule has 0 N–H and O–H groups in total. The zero-order chi connectivity index (χ0) is 57.4. The first-order valence-corrected chi connectivity index (χ1v) is 31.4. The molecule has 0 amide bonds. The number of benzene rings is 12. The van der Waals surface area contributed by atoms with Gasteiger partial charge in [-0.15, -0.1) is 0 Å². The SMILES string of the molecule is Cc1cc2c3ccccc3n(-c3ccccc3)c2c(C)c1N(c1cccc2c1CCCC2)c1cc(C(C)C)c2ccc3c(N(c4cccc5c4CCCC5)c4c(C)ccc5c4c4ccccc4n5-c4ccccc4)cc(C(C)C)c4ccc1c2c43. The van der Waals surface area contributed by atoms with Crippen molar-refractivity contribution >= 4 is 110 Å². The predicted octanol–water partition coefficient (Wildman–Crippen LogP) is 22.6. The number of hydrogen-bond acceptors (Lipinski definition) is 2. The molecule has 0 bridgehead atoms. The van der Waals surface area contributed by atoms with E-state index in [-0.39, 0.29) is 11.8 Å². The summed E-state index contributed by atoms with van der Waals surface area (Å²) in [5.74, 6) is 0.496. The molecule has 16 rings (SSSR count). The third-order valence-electron chi connectivity index (χ3n) is 19.7. The van der Waals surface area contributed by atoms with Gasteiger partial charge in [-0.2, -0.15) is 0 Å². The average molecular weight is 1100 g/mol. The lowest BCUT2D eigenvalue weighted by atomic mass is 9.83. The van der Waals surface area contributed by atoms with Crippen LogP contribution in [0.15, 0.2) is 200 Å². The number of hydrogen-bond donors (Lipinski definition) is 0. The summed E-state index contributed by atoms with van der Waals surface area (Å²) < 4.78 is 5.01. The number of rotatable bonds is 10. The van der Waals surface area contributed by atoms with Crippen LogP contribution in [0.1, 0.15) is 115 Å². The third kappa shape index (κ3) is 7.80. The van der Waals surface area contributed by atoms with Crippen molar-refractivity contribution < 1.29 is 0 Å². The van der Waals surface area contributed by atoms with Crippen molar-refractivity contribution in [3.8, 4) is 11.4 Å². The Bertz CT molecular complexity index is 4990. The molecule has 0 atom stereocenters. The van der Waals surface area contributed by atoms with Crippen molar-refractivity contribution in [2.45, 2.75) is 112 Å². The van der Waals surface area contributed by atoms with Gasteiger partial charge in [-0.3, -0.25) is 0 Å². The van der Waals surface area contributed by atoms with E-state index in [1.807, 2.05) is 0 Å². The van der Waals surface area contributed by atoms with Crippen molar-refractivity contribution in [1.29, 1.82) is 0 Å². The summed E-state index contributed by atoms with van der Waals surface area (Å²) in [6.45, 7) is 16.8. The number of anilines is 6. The molecule has 2 aliphatic rings. The van der Waals surface area contributed by atoms with Gasteiger partial charge in [0.1, 0.15) is 0 Å². The largest absolute Gasteiger partial charge is 0.309 e. The van der Waals surface area contributed by atoms with Crippen LogP contribution in [0.2, 0.25) is 0 Å². The predicted molar refractivity (Wildman–Crippen MR) is 364 cm³/mol. The van der Waals surface area contributed by atoms with Crippen LogP contribution in [0.25, 0.3) is 87.3 Å². The molecule has 416 valence electrons. The van der Waals surface area contributed by atoms with Gasteiger partial charge in [0, 0.05) is 55.1 Å². The third-order valence-corrected chi connectivity index (χ3v) is 19.7. The summed E-state index contributed by atoms with van der Waals surface area (Å²) >= 11 is 0. The monoisotopic (exact) mass is 1100 g/mol. The van der Waals surface area contributed by atoms with Crippen LogP contribution in [-0.4, -0.2) is 9.13 Å². The van der Waals surface area contributed by atoms with Crippen LogP contribution in [0.4, 0.5) is 34.1 Å². The van der Waals surface area contributed by atoms with Gasteiger partial charge in [0.2, 0.25) is 0 Å². The Morgan fingerprint density at radius 3 is 1.39 bits per heavy atom. The second-order valence-corrected chi connectivity index (χ2v) is 25.3. The van der Waals surface area contributed by atoms with Gasteiger partial charge in [-0.25, -0.2) is 0 Å². The Kier molecular flexibility index (Phi) is 12.1. The van der Waals surface area contributed by atoms with Crippen LogP contribution in [-0.2, 0) is 25.7 Å². The minimum atomic E-state index is 0.247. The fraction of sp³-hybridized carbons (Fsp3) is 0.210. The Morgan fingerprint density at radius 1 is 0.341 bits per heavy atom. The van der Waals surface area contributed by atoms with Crippen LogP contribution in [0, 0.1) is 20.8 Å². The molecular formula is C81H72N4. The fourth-order valence-electron chi connectivity index (χ4n) is 16.0. The van der Waals surface area contributed by atoms with Crippen LogP contribution in [0.3, 0.4) is 0 Å². The van der Waals surface area contributed by atoms with Gasteiger partial charge in [0.15, 0.2) is 0 Å². The zero-order valence-electron chi connectivity index (χ0n) is 50.2. The van der Waals surface area contributed by atoms with E-state index in [4.69, 9.17) is 0 Å². The molecule has 4 nitrogen and oxygen atoms in total. The summed E-state index contributed by atoms with van der Waals surface area (Å²) in [5, 5.41) is 13.1. The van der Waals surface area contributed by atoms with Crippen molar-refractivity contribution in [1.82, 2.24) is 9.13 Å². The molecule has 85 heavy (non-hydrogen) atoms. The normalized spacial score (nSPS) is 13.7. The standard InChI is InChI=1S/C81H72N4/c1-49(2)66-47-74(84(69-38-22-26-54-24-14-16-32-58(54)69)79-52(6)46-68-60-34-18-20-36-71(60)83(81(68)53(79)7)57-30-12-9-13-31-57)64-43-41-62-67(50(3)4)48-75(65-44-42-61(66)76(64)77(62)65)85(70-39-23-27-55-25-15-17-33-59(55)70)80-51(5)40-45-73-78(80)63-35-19-21-37-72(63)82(73)56-28-10-8-11-29-56/h8-13,18-23,26-31,34-50H,14-17,24-25,32-33H2,1-7H3. The number of fused-ring (bicyclic) bond motifs is 8. The van der Waals surface area contributed by atoms with Crippen LogP contribution in [0.5, 0.6) is 0 Å². The molecule has 0 saturated carbocycles. The summed E-state index contributed by atoms with van der Waals surface area (Å²) in [4.78, 5) is 5.50. The molecule has 2 aromatic heterocycles. The molecule has 4 heteroatoms. The Hall–Kier alpha value is -9.12. The lowest BCUT2D eigenvalue weighted by Gasteiger charge is -2.35. The number of nitrogens with zero attached hydrogens (tertiary/aromatic N) is 4. The van der Waals surface area contributed by atoms with E-state index in [0.717, 1.165) is 25.7 Å². The Labute approximate surface area is 499 Å². The van der Waals surface area contributed by atoms with E-state index in [1.165, 1.54) is 197 Å². The molecule has 0 fully saturated rings. The first-order valence-electron chi connectivity index (χ1n) is 31.4. The summed E-state index contributed by atoms with van der Waals surface area (Å²) in [5.41, 5.74) is 27.4. The first kappa shape index (κ1) is 51.5. The molecular weight excluding hydrogens is 1030 g/mol. The van der Waals surface area contributed by atoms with Gasteiger partial charge in [-0.1, -0.05) is 155 Å². The Morgan fingerprint density at radius 2 is 0.824 bits per heavy atom. The van der Waals surface area contributed by atoms with E-state index < -0.39 is 0 Å². The lowest BCUT2D eigenvalue weighted by Crippen LogP contribution is -2.18. The van der Waals surface area contributed by atoms with E-state index in [0.29, 0.717) is 0 Å². The fourth-order valence-corrected chi connectivity index (χ4v) is 16.0. The number of aryl methyl sites for hydroxylation is 5. The minimum Gasteiger partial charge on any atom is -0.309 e. The topological polar surface area (TPSA) is 16.3 Å². The van der Waals surface area contributed by atoms with Crippen molar-refractivity contribution in [2.75, 3.05) is 9.80 Å². The molecule has 2 aliphatic carbocycles. The second kappa shape index (κ2) is 20.0. The lowest BCUT2D eigenvalue weighted by molar-refractivity contribution is 0.686. The van der Waals surface area contributed by atoms with E-state index in [9.17, 15) is 0 Å². The molecule has 12 aromatic carbocycles. The maximum atomic E-state index is 2.75. The van der Waals surface area contributed by atoms with Gasteiger partial charge >= 0.3 is 0 Å². The maximum Gasteiger partial charge on any atom is 0.0591 e. The average Bonchev–Trinajstić information content (AvgIpc) is 1.71. The van der Waals surface area contributed by atoms with E-state index >= 15 is 0 Å².